The van der Waals surface area contributed by atoms with Crippen molar-refractivity contribution in [2.24, 2.45) is 0 Å². The van der Waals surface area contributed by atoms with Gasteiger partial charge in [-0.1, -0.05) is 11.3 Å². The van der Waals surface area contributed by atoms with E-state index in [1.807, 2.05) is 5.38 Å². The zero-order valence-corrected chi connectivity index (χ0v) is 10.2. The van der Waals surface area contributed by atoms with E-state index in [0.717, 1.165) is 0 Å². The van der Waals surface area contributed by atoms with Gasteiger partial charge in [-0.2, -0.15) is 0 Å². The monoisotopic (exact) mass is 266 g/mol. The number of thiazole rings is 1. The highest BCUT2D eigenvalue weighted by Gasteiger charge is 2.32. The number of ether oxygens (including phenoxy) is 1. The van der Waals surface area contributed by atoms with Crippen LogP contribution in [0.25, 0.3) is 0 Å². The molecule has 0 bridgehead atoms. The smallest absolute Gasteiger partial charge is 0.273 e. The fourth-order valence-electron chi connectivity index (χ4n) is 1.62. The van der Waals surface area contributed by atoms with Crippen LogP contribution >= 0.6 is 11.3 Å². The molecule has 0 radical (unpaired) electrons. The van der Waals surface area contributed by atoms with E-state index in [9.17, 15) is 4.79 Å². The van der Waals surface area contributed by atoms with E-state index in [-0.39, 0.29) is 18.6 Å². The summed E-state index contributed by atoms with van der Waals surface area (Å²) in [5.74, 6) is -0.0127. The second kappa shape index (κ2) is 4.69. The maximum Gasteiger partial charge on any atom is 0.273 e. The van der Waals surface area contributed by atoms with Crippen LogP contribution in [-0.4, -0.2) is 55.2 Å². The molecular weight excluding hydrogens is 256 g/mol. The molecule has 2 aromatic heterocycles. The van der Waals surface area contributed by atoms with Gasteiger partial charge in [0.2, 0.25) is 5.91 Å². The van der Waals surface area contributed by atoms with Crippen LogP contribution in [0.4, 0.5) is 0 Å². The van der Waals surface area contributed by atoms with Crippen molar-refractivity contribution in [1.29, 1.82) is 0 Å². The molecule has 1 saturated heterocycles. The lowest BCUT2D eigenvalue weighted by molar-refractivity contribution is -0.140. The summed E-state index contributed by atoms with van der Waals surface area (Å²) in [4.78, 5) is 17.5. The SMILES string of the molecule is O=C(Cn1cnnn1)N1CC(Oc2nccs2)C1. The van der Waals surface area contributed by atoms with Gasteiger partial charge in [0, 0.05) is 11.6 Å². The van der Waals surface area contributed by atoms with Crippen molar-refractivity contribution in [3.63, 3.8) is 0 Å². The Labute approximate surface area is 106 Å². The van der Waals surface area contributed by atoms with Crippen LogP contribution in [0.15, 0.2) is 17.9 Å². The third kappa shape index (κ3) is 2.30. The topological polar surface area (TPSA) is 86.0 Å². The van der Waals surface area contributed by atoms with Gasteiger partial charge in [-0.3, -0.25) is 4.79 Å². The number of carbonyl (C=O) groups excluding carboxylic acids is 1. The highest BCUT2D eigenvalue weighted by Crippen LogP contribution is 2.20. The van der Waals surface area contributed by atoms with Crippen LogP contribution in [0.3, 0.4) is 0 Å². The minimum Gasteiger partial charge on any atom is -0.463 e. The summed E-state index contributed by atoms with van der Waals surface area (Å²) < 4.78 is 6.97. The summed E-state index contributed by atoms with van der Waals surface area (Å²) in [6, 6.07) is 0. The highest BCUT2D eigenvalue weighted by molar-refractivity contribution is 7.11. The molecule has 0 unspecified atom stereocenters. The Morgan fingerprint density at radius 3 is 3.11 bits per heavy atom. The Balaban J connectivity index is 1.45. The van der Waals surface area contributed by atoms with E-state index in [1.54, 1.807) is 11.1 Å². The van der Waals surface area contributed by atoms with Crippen LogP contribution in [0.5, 0.6) is 5.19 Å². The fourth-order valence-corrected chi connectivity index (χ4v) is 2.17. The molecule has 8 nitrogen and oxygen atoms in total. The summed E-state index contributed by atoms with van der Waals surface area (Å²) in [7, 11) is 0. The van der Waals surface area contributed by atoms with E-state index < -0.39 is 0 Å². The minimum absolute atomic E-state index is 0.0127. The average molecular weight is 266 g/mol. The fraction of sp³-hybridized carbons (Fsp3) is 0.444. The van der Waals surface area contributed by atoms with Crippen molar-refractivity contribution in [3.8, 4) is 5.19 Å². The van der Waals surface area contributed by atoms with Crippen LogP contribution < -0.4 is 4.74 Å². The maximum atomic E-state index is 11.8. The molecule has 1 aliphatic rings. The van der Waals surface area contributed by atoms with E-state index in [2.05, 4.69) is 20.5 Å². The number of nitrogens with zero attached hydrogens (tertiary/aromatic N) is 6. The zero-order chi connectivity index (χ0) is 12.4. The molecule has 2 aromatic rings. The summed E-state index contributed by atoms with van der Waals surface area (Å²) >= 11 is 1.45. The Hall–Kier alpha value is -2.03. The molecule has 3 rings (SSSR count). The lowest BCUT2D eigenvalue weighted by Gasteiger charge is -2.38. The van der Waals surface area contributed by atoms with Crippen molar-refractivity contribution in [3.05, 3.63) is 17.9 Å². The maximum absolute atomic E-state index is 11.8. The zero-order valence-electron chi connectivity index (χ0n) is 9.34. The first-order valence-electron chi connectivity index (χ1n) is 5.36. The van der Waals surface area contributed by atoms with Crippen LogP contribution in [0.1, 0.15) is 0 Å². The summed E-state index contributed by atoms with van der Waals surface area (Å²) in [5.41, 5.74) is 0. The van der Waals surface area contributed by atoms with Gasteiger partial charge in [-0.25, -0.2) is 9.67 Å². The number of hydrogen-bond acceptors (Lipinski definition) is 7. The highest BCUT2D eigenvalue weighted by atomic mass is 32.1. The molecule has 3 heterocycles. The van der Waals surface area contributed by atoms with Gasteiger partial charge in [0.1, 0.15) is 19.0 Å². The molecule has 0 saturated carbocycles. The van der Waals surface area contributed by atoms with Gasteiger partial charge in [-0.15, -0.1) is 5.10 Å². The van der Waals surface area contributed by atoms with E-state index >= 15 is 0 Å². The first kappa shape index (κ1) is 11.1. The largest absolute Gasteiger partial charge is 0.463 e. The molecule has 0 spiro atoms. The summed E-state index contributed by atoms with van der Waals surface area (Å²) in [6.45, 7) is 1.33. The first-order valence-corrected chi connectivity index (χ1v) is 6.24. The number of amides is 1. The van der Waals surface area contributed by atoms with Gasteiger partial charge >= 0.3 is 0 Å². The lowest BCUT2D eigenvalue weighted by atomic mass is 10.1. The predicted octanol–water partition coefficient (Wildman–Crippen LogP) is -0.581. The normalized spacial score (nSPS) is 15.4. The third-order valence-electron chi connectivity index (χ3n) is 2.57. The Morgan fingerprint density at radius 1 is 1.56 bits per heavy atom. The number of likely N-dealkylation sites (tertiary alicyclic amines) is 1. The molecule has 18 heavy (non-hydrogen) atoms. The minimum atomic E-state index is -0.0127. The van der Waals surface area contributed by atoms with Gasteiger partial charge in [0.05, 0.1) is 13.1 Å². The van der Waals surface area contributed by atoms with Gasteiger partial charge in [-0.05, 0) is 10.4 Å². The molecule has 94 valence electrons. The number of carbonyl (C=O) groups is 1. The molecule has 1 aliphatic heterocycles. The van der Waals surface area contributed by atoms with Crippen LogP contribution in [0, 0.1) is 0 Å². The second-order valence-corrected chi connectivity index (χ2v) is 4.70. The molecule has 0 aliphatic carbocycles. The molecule has 0 N–H and O–H groups in total. The van der Waals surface area contributed by atoms with Gasteiger partial charge < -0.3 is 9.64 Å². The Morgan fingerprint density at radius 2 is 2.44 bits per heavy atom. The van der Waals surface area contributed by atoms with Crippen molar-refractivity contribution in [2.75, 3.05) is 13.1 Å². The summed E-state index contributed by atoms with van der Waals surface area (Å²) in [6.07, 6.45) is 3.15. The molecular formula is C9H10N6O2S. The van der Waals surface area contributed by atoms with Gasteiger partial charge in [0.15, 0.2) is 0 Å². The van der Waals surface area contributed by atoms with Crippen molar-refractivity contribution >= 4 is 17.2 Å². The number of rotatable bonds is 4. The quantitative estimate of drug-likeness (QED) is 0.736. The van der Waals surface area contributed by atoms with Crippen LogP contribution in [-0.2, 0) is 11.3 Å². The number of tetrazole rings is 1. The van der Waals surface area contributed by atoms with Crippen LogP contribution in [0.2, 0.25) is 0 Å². The second-order valence-electron chi connectivity index (χ2n) is 3.84. The number of hydrogen-bond donors (Lipinski definition) is 0. The van der Waals surface area contributed by atoms with Crippen molar-refractivity contribution in [2.45, 2.75) is 12.6 Å². The molecule has 0 aromatic carbocycles. The third-order valence-corrected chi connectivity index (χ3v) is 3.23. The predicted molar refractivity (Wildman–Crippen MR) is 60.9 cm³/mol. The van der Waals surface area contributed by atoms with Crippen molar-refractivity contribution in [1.82, 2.24) is 30.1 Å². The van der Waals surface area contributed by atoms with Crippen molar-refractivity contribution < 1.29 is 9.53 Å². The standard InChI is InChI=1S/C9H10N6O2S/c16-8(5-15-6-11-12-13-15)14-3-7(4-14)17-9-10-1-2-18-9/h1-2,6-7H,3-5H2. The molecule has 0 atom stereocenters. The molecule has 1 amide bonds. The Kier molecular flexibility index (Phi) is 2.89. The summed E-state index contributed by atoms with van der Waals surface area (Å²) in [5, 5.41) is 13.1. The lowest BCUT2D eigenvalue weighted by Crippen LogP contribution is -2.56. The molecule has 9 heteroatoms. The molecule has 1 fully saturated rings. The number of aromatic nitrogens is 5. The Bertz CT molecular complexity index is 507. The average Bonchev–Trinajstić information content (AvgIpc) is 2.94. The van der Waals surface area contributed by atoms with E-state index in [4.69, 9.17) is 4.74 Å². The van der Waals surface area contributed by atoms with E-state index in [1.165, 1.54) is 22.3 Å². The van der Waals surface area contributed by atoms with Gasteiger partial charge in [0.25, 0.3) is 5.19 Å². The first-order chi connectivity index (χ1) is 8.81. The van der Waals surface area contributed by atoms with E-state index in [0.29, 0.717) is 18.3 Å².